The molecule has 0 fully saturated rings. The van der Waals surface area contributed by atoms with E-state index in [0.29, 0.717) is 12.4 Å². The van der Waals surface area contributed by atoms with Crippen LogP contribution in [0.25, 0.3) is 10.8 Å². The Balaban J connectivity index is 2.03. The largest absolute Gasteiger partial charge is 0.481 e. The molecule has 0 radical (unpaired) electrons. The molecule has 2 heterocycles. The van der Waals surface area contributed by atoms with Crippen LogP contribution in [-0.2, 0) is 11.3 Å². The van der Waals surface area contributed by atoms with Crippen molar-refractivity contribution in [2.45, 2.75) is 32.9 Å². The predicted molar refractivity (Wildman–Crippen MR) is 77.6 cm³/mol. The summed E-state index contributed by atoms with van der Waals surface area (Å²) in [5.74, 6) is -0.160. The fourth-order valence-electron chi connectivity index (χ4n) is 2.06. The Hall–Kier alpha value is -1.66. The first kappa shape index (κ1) is 14.7. The number of oxazole rings is 1. The number of hydrogen-bond acceptors (Lipinski definition) is 5. The van der Waals surface area contributed by atoms with Crippen molar-refractivity contribution in [3.05, 3.63) is 29.5 Å². The van der Waals surface area contributed by atoms with Crippen molar-refractivity contribution in [2.24, 2.45) is 0 Å². The van der Waals surface area contributed by atoms with Gasteiger partial charge in [-0.15, -0.1) is 11.3 Å². The molecule has 2 rings (SSSR count). The van der Waals surface area contributed by atoms with Crippen molar-refractivity contribution in [1.82, 2.24) is 9.88 Å². The fourth-order valence-corrected chi connectivity index (χ4v) is 2.72. The van der Waals surface area contributed by atoms with Gasteiger partial charge >= 0.3 is 5.97 Å². The van der Waals surface area contributed by atoms with Gasteiger partial charge in [-0.1, -0.05) is 13.0 Å². The maximum absolute atomic E-state index is 10.8. The Morgan fingerprint density at radius 1 is 1.60 bits per heavy atom. The quantitative estimate of drug-likeness (QED) is 0.850. The van der Waals surface area contributed by atoms with E-state index in [1.165, 1.54) is 0 Å². The van der Waals surface area contributed by atoms with Gasteiger partial charge in [0.05, 0.1) is 17.0 Å². The van der Waals surface area contributed by atoms with E-state index in [-0.39, 0.29) is 12.5 Å². The van der Waals surface area contributed by atoms with Gasteiger partial charge in [0.1, 0.15) is 6.26 Å². The van der Waals surface area contributed by atoms with Crippen molar-refractivity contribution in [1.29, 1.82) is 0 Å². The van der Waals surface area contributed by atoms with Crippen LogP contribution in [-0.4, -0.2) is 33.5 Å². The molecule has 0 bridgehead atoms. The molecule has 6 heteroatoms. The number of aromatic nitrogens is 1. The number of aliphatic carboxylic acids is 1. The average Bonchev–Trinajstić information content (AvgIpc) is 3.05. The number of carboxylic acids is 1. The first-order valence-corrected chi connectivity index (χ1v) is 7.42. The summed E-state index contributed by atoms with van der Waals surface area (Å²) in [5, 5.41) is 10.8. The summed E-state index contributed by atoms with van der Waals surface area (Å²) in [6, 6.07) is 3.89. The summed E-state index contributed by atoms with van der Waals surface area (Å²) < 4.78 is 5.47. The van der Waals surface area contributed by atoms with Crippen molar-refractivity contribution >= 4 is 17.3 Å². The van der Waals surface area contributed by atoms with Gasteiger partial charge in [0, 0.05) is 12.6 Å². The Bertz CT molecular complexity index is 551. The van der Waals surface area contributed by atoms with Crippen LogP contribution in [0.2, 0.25) is 0 Å². The molecule has 2 aromatic rings. The minimum absolute atomic E-state index is 0.0283. The highest BCUT2D eigenvalue weighted by atomic mass is 32.1. The van der Waals surface area contributed by atoms with Gasteiger partial charge in [-0.2, -0.15) is 0 Å². The van der Waals surface area contributed by atoms with E-state index in [0.717, 1.165) is 17.1 Å². The lowest BCUT2D eigenvalue weighted by molar-refractivity contribution is -0.138. The zero-order valence-electron chi connectivity index (χ0n) is 11.6. The summed E-state index contributed by atoms with van der Waals surface area (Å²) in [5.41, 5.74) is 0.826. The second-order valence-corrected chi connectivity index (χ2v) is 5.58. The summed E-state index contributed by atoms with van der Waals surface area (Å²) >= 11 is 1.58. The average molecular weight is 294 g/mol. The monoisotopic (exact) mass is 294 g/mol. The minimum atomic E-state index is -0.782. The highest BCUT2D eigenvalue weighted by molar-refractivity contribution is 7.13. The minimum Gasteiger partial charge on any atom is -0.481 e. The molecule has 0 saturated carbocycles. The van der Waals surface area contributed by atoms with E-state index in [1.807, 2.05) is 31.4 Å². The van der Waals surface area contributed by atoms with Crippen molar-refractivity contribution in [2.75, 3.05) is 6.54 Å². The maximum Gasteiger partial charge on any atom is 0.304 e. The van der Waals surface area contributed by atoms with Crippen molar-refractivity contribution < 1.29 is 14.3 Å². The topological polar surface area (TPSA) is 66.6 Å². The number of hydrogen-bond donors (Lipinski definition) is 1. The second kappa shape index (κ2) is 6.67. The van der Waals surface area contributed by atoms with Crippen molar-refractivity contribution in [3.63, 3.8) is 0 Å². The number of rotatable bonds is 7. The normalized spacial score (nSPS) is 12.8. The van der Waals surface area contributed by atoms with Gasteiger partial charge in [0.25, 0.3) is 0 Å². The van der Waals surface area contributed by atoms with Crippen LogP contribution in [0.5, 0.6) is 0 Å². The van der Waals surface area contributed by atoms with E-state index < -0.39 is 5.97 Å². The van der Waals surface area contributed by atoms with E-state index in [4.69, 9.17) is 9.52 Å². The lowest BCUT2D eigenvalue weighted by Gasteiger charge is -2.25. The highest BCUT2D eigenvalue weighted by Gasteiger charge is 2.17. The Morgan fingerprint density at radius 3 is 3.00 bits per heavy atom. The number of carboxylic acid groups (broad SMARTS) is 1. The molecule has 0 aliphatic carbocycles. The molecule has 20 heavy (non-hydrogen) atoms. The molecule has 0 aliphatic heterocycles. The van der Waals surface area contributed by atoms with Gasteiger partial charge < -0.3 is 9.52 Å². The highest BCUT2D eigenvalue weighted by Crippen LogP contribution is 2.24. The molecule has 0 amide bonds. The van der Waals surface area contributed by atoms with Crippen LogP contribution in [0, 0.1) is 0 Å². The summed E-state index contributed by atoms with van der Waals surface area (Å²) in [6.45, 7) is 5.30. The molecule has 2 aromatic heterocycles. The van der Waals surface area contributed by atoms with E-state index in [2.05, 4.69) is 9.88 Å². The van der Waals surface area contributed by atoms with Crippen LogP contribution in [0.3, 0.4) is 0 Å². The smallest absolute Gasteiger partial charge is 0.304 e. The molecule has 1 N–H and O–H groups in total. The van der Waals surface area contributed by atoms with Gasteiger partial charge in [0.2, 0.25) is 5.89 Å². The molecule has 1 unspecified atom stereocenters. The Labute approximate surface area is 121 Å². The van der Waals surface area contributed by atoms with E-state index in [9.17, 15) is 4.79 Å². The number of nitrogens with zero attached hydrogens (tertiary/aromatic N) is 2. The van der Waals surface area contributed by atoms with E-state index in [1.54, 1.807) is 17.6 Å². The Morgan fingerprint density at radius 2 is 2.40 bits per heavy atom. The van der Waals surface area contributed by atoms with Crippen LogP contribution >= 0.6 is 11.3 Å². The molecule has 108 valence electrons. The molecule has 0 saturated heterocycles. The fraction of sp³-hybridized carbons (Fsp3) is 0.429. The molecule has 5 nitrogen and oxygen atoms in total. The summed E-state index contributed by atoms with van der Waals surface area (Å²) in [4.78, 5) is 18.3. The molecule has 0 aromatic carbocycles. The molecule has 0 aliphatic rings. The number of thiophene rings is 1. The van der Waals surface area contributed by atoms with Gasteiger partial charge in [0.15, 0.2) is 0 Å². The van der Waals surface area contributed by atoms with Crippen molar-refractivity contribution in [3.8, 4) is 10.8 Å². The summed E-state index contributed by atoms with van der Waals surface area (Å²) in [7, 11) is 0. The van der Waals surface area contributed by atoms with Gasteiger partial charge in [-0.05, 0) is 24.9 Å². The predicted octanol–water partition coefficient (Wildman–Crippen LogP) is 3.09. The third kappa shape index (κ3) is 3.68. The van der Waals surface area contributed by atoms with Crippen LogP contribution < -0.4 is 0 Å². The molecule has 1 atom stereocenters. The van der Waals surface area contributed by atoms with Gasteiger partial charge in [-0.25, -0.2) is 4.98 Å². The summed E-state index contributed by atoms with van der Waals surface area (Å²) in [6.07, 6.45) is 1.77. The zero-order valence-corrected chi connectivity index (χ0v) is 12.4. The number of carbonyl (C=O) groups is 1. The Kier molecular flexibility index (Phi) is 4.92. The molecule has 0 spiro atoms. The van der Waals surface area contributed by atoms with E-state index >= 15 is 0 Å². The second-order valence-electron chi connectivity index (χ2n) is 4.63. The molecular weight excluding hydrogens is 276 g/mol. The standard InChI is InChI=1S/C14H18N2O3S/c1-3-16(10(2)7-13(17)18)8-11-9-19-14(15-11)12-5-4-6-20-12/h4-6,9-10H,3,7-8H2,1-2H3,(H,17,18). The first-order valence-electron chi connectivity index (χ1n) is 6.54. The first-order chi connectivity index (χ1) is 9.60. The maximum atomic E-state index is 10.8. The lowest BCUT2D eigenvalue weighted by atomic mass is 10.2. The third-order valence-corrected chi connectivity index (χ3v) is 4.01. The third-order valence-electron chi connectivity index (χ3n) is 3.15. The van der Waals surface area contributed by atoms with Crippen LogP contribution in [0.4, 0.5) is 0 Å². The SMILES string of the molecule is CCN(Cc1coc(-c2cccs2)n1)C(C)CC(=O)O. The van der Waals surface area contributed by atoms with Gasteiger partial charge in [-0.3, -0.25) is 9.69 Å². The molecular formula is C14H18N2O3S. The van der Waals surface area contributed by atoms with Crippen LogP contribution in [0.1, 0.15) is 26.0 Å². The van der Waals surface area contributed by atoms with Crippen LogP contribution in [0.15, 0.2) is 28.2 Å². The zero-order chi connectivity index (χ0) is 14.5. The lowest BCUT2D eigenvalue weighted by Crippen LogP contribution is -2.34.